The highest BCUT2D eigenvalue weighted by atomic mass is 79.9. The van der Waals surface area contributed by atoms with Crippen LogP contribution in [0.4, 0.5) is 0 Å². The Hall–Kier alpha value is -0.560. The fourth-order valence-electron chi connectivity index (χ4n) is 1.46. The van der Waals surface area contributed by atoms with Gasteiger partial charge in [0.2, 0.25) is 0 Å². The van der Waals surface area contributed by atoms with Crippen molar-refractivity contribution in [1.29, 1.82) is 0 Å². The number of rotatable bonds is 5. The normalized spacial score (nSPS) is 14.2. The van der Waals surface area contributed by atoms with E-state index in [0.717, 1.165) is 11.8 Å². The minimum atomic E-state index is -1.16. The van der Waals surface area contributed by atoms with E-state index >= 15 is 0 Å². The minimum Gasteiger partial charge on any atom is -0.508 e. The number of aliphatic hydroxyl groups is 2. The molecule has 0 amide bonds. The van der Waals surface area contributed by atoms with Gasteiger partial charge in [-0.05, 0) is 18.6 Å². The van der Waals surface area contributed by atoms with Crippen molar-refractivity contribution in [3.63, 3.8) is 0 Å². The van der Waals surface area contributed by atoms with E-state index in [0.29, 0.717) is 10.2 Å². The van der Waals surface area contributed by atoms with E-state index < -0.39 is 12.2 Å². The van der Waals surface area contributed by atoms with E-state index in [1.54, 1.807) is 12.1 Å². The van der Waals surface area contributed by atoms with E-state index in [4.69, 9.17) is 0 Å². The van der Waals surface area contributed by atoms with Crippen molar-refractivity contribution in [1.82, 2.24) is 0 Å². The molecular formula is C12H15BrO4S. The number of phenolic OH excluding ortho intramolecular Hbond substituents is 1. The Morgan fingerprint density at radius 3 is 2.67 bits per heavy atom. The summed E-state index contributed by atoms with van der Waals surface area (Å²) in [6.07, 6.45) is -1.89. The van der Waals surface area contributed by atoms with E-state index in [9.17, 15) is 20.1 Å². The van der Waals surface area contributed by atoms with Gasteiger partial charge < -0.3 is 15.3 Å². The van der Waals surface area contributed by atoms with Crippen molar-refractivity contribution >= 4 is 32.8 Å². The number of carbonyl (C=O) groups excluding carboxylic acids is 1. The predicted molar refractivity (Wildman–Crippen MR) is 74.5 cm³/mol. The van der Waals surface area contributed by atoms with Gasteiger partial charge in [0, 0.05) is 22.7 Å². The number of hydrogen-bond donors (Lipinski definition) is 3. The van der Waals surface area contributed by atoms with Crippen molar-refractivity contribution in [3.8, 4) is 5.75 Å². The van der Waals surface area contributed by atoms with Crippen LogP contribution >= 0.6 is 27.7 Å². The first kappa shape index (κ1) is 15.5. The average Bonchev–Trinajstić information content (AvgIpc) is 2.27. The summed E-state index contributed by atoms with van der Waals surface area (Å²) < 4.78 is 0.692. The molecule has 1 rings (SSSR count). The summed E-state index contributed by atoms with van der Waals surface area (Å²) in [4.78, 5) is 10.7. The number of halogens is 1. The van der Waals surface area contributed by atoms with Gasteiger partial charge >= 0.3 is 0 Å². The molecule has 0 aliphatic rings. The SMILES string of the molecule is CC(=O)SCCC(O)C(O)c1ccc(Br)cc1O. The van der Waals surface area contributed by atoms with Gasteiger partial charge in [0.25, 0.3) is 0 Å². The van der Waals surface area contributed by atoms with Gasteiger partial charge in [-0.3, -0.25) is 4.79 Å². The molecule has 0 saturated carbocycles. The molecule has 0 spiro atoms. The third-order valence-corrected chi connectivity index (χ3v) is 3.73. The fraction of sp³-hybridized carbons (Fsp3) is 0.417. The zero-order valence-corrected chi connectivity index (χ0v) is 12.2. The van der Waals surface area contributed by atoms with Crippen LogP contribution in [0, 0.1) is 0 Å². The van der Waals surface area contributed by atoms with Crippen LogP contribution in [0.15, 0.2) is 22.7 Å². The van der Waals surface area contributed by atoms with Gasteiger partial charge in [-0.25, -0.2) is 0 Å². The molecule has 3 N–H and O–H groups in total. The Kier molecular flexibility index (Phi) is 6.14. The number of aliphatic hydroxyl groups excluding tert-OH is 2. The summed E-state index contributed by atoms with van der Waals surface area (Å²) in [5.41, 5.74) is 0.276. The molecule has 2 unspecified atom stereocenters. The summed E-state index contributed by atoms with van der Waals surface area (Å²) in [7, 11) is 0. The number of aromatic hydroxyl groups is 1. The number of hydrogen-bond acceptors (Lipinski definition) is 5. The standard InChI is InChI=1S/C12H15BrO4S/c1-7(14)18-5-4-10(15)12(17)9-3-2-8(13)6-11(9)16/h2-3,6,10,12,15-17H,4-5H2,1H3. The van der Waals surface area contributed by atoms with Crippen LogP contribution < -0.4 is 0 Å². The van der Waals surface area contributed by atoms with Crippen LogP contribution in [0.2, 0.25) is 0 Å². The second-order valence-electron chi connectivity index (χ2n) is 3.84. The van der Waals surface area contributed by atoms with Crippen LogP contribution in [0.25, 0.3) is 0 Å². The smallest absolute Gasteiger partial charge is 0.185 e. The first-order chi connectivity index (χ1) is 8.41. The Balaban J connectivity index is 2.62. The monoisotopic (exact) mass is 334 g/mol. The van der Waals surface area contributed by atoms with Gasteiger partial charge in [0.05, 0.1) is 6.10 Å². The molecule has 0 aromatic heterocycles. The lowest BCUT2D eigenvalue weighted by Crippen LogP contribution is -2.19. The van der Waals surface area contributed by atoms with Gasteiger partial charge in [-0.2, -0.15) is 0 Å². The largest absolute Gasteiger partial charge is 0.508 e. The van der Waals surface area contributed by atoms with Crippen molar-refractivity contribution in [3.05, 3.63) is 28.2 Å². The molecule has 6 heteroatoms. The molecule has 0 radical (unpaired) electrons. The predicted octanol–water partition coefficient (Wildman–Crippen LogP) is 2.22. The van der Waals surface area contributed by atoms with Gasteiger partial charge in [0.15, 0.2) is 5.12 Å². The summed E-state index contributed by atoms with van der Waals surface area (Å²) in [5.74, 6) is 0.361. The van der Waals surface area contributed by atoms with E-state index in [-0.39, 0.29) is 22.8 Å². The van der Waals surface area contributed by atoms with Crippen LogP contribution in [-0.2, 0) is 4.79 Å². The molecule has 0 bridgehead atoms. The topological polar surface area (TPSA) is 77.8 Å². The molecule has 0 saturated heterocycles. The van der Waals surface area contributed by atoms with Crippen LogP contribution in [0.1, 0.15) is 25.0 Å². The highest BCUT2D eigenvalue weighted by Gasteiger charge is 2.21. The lowest BCUT2D eigenvalue weighted by molar-refractivity contribution is -0.109. The Bertz CT molecular complexity index is 425. The van der Waals surface area contributed by atoms with Crippen LogP contribution in [-0.4, -0.2) is 32.3 Å². The molecule has 1 aromatic carbocycles. The van der Waals surface area contributed by atoms with Crippen molar-refractivity contribution < 1.29 is 20.1 Å². The van der Waals surface area contributed by atoms with Crippen molar-refractivity contribution in [2.24, 2.45) is 0 Å². The lowest BCUT2D eigenvalue weighted by atomic mass is 10.0. The molecule has 18 heavy (non-hydrogen) atoms. The van der Waals surface area contributed by atoms with Crippen LogP contribution in [0.5, 0.6) is 5.75 Å². The maximum absolute atomic E-state index is 10.7. The molecule has 0 aliphatic carbocycles. The second-order valence-corrected chi connectivity index (χ2v) is 6.03. The third-order valence-electron chi connectivity index (χ3n) is 2.39. The van der Waals surface area contributed by atoms with Gasteiger partial charge in [-0.15, -0.1) is 0 Å². The molecule has 0 heterocycles. The summed E-state index contributed by atoms with van der Waals surface area (Å²) >= 11 is 4.29. The zero-order valence-electron chi connectivity index (χ0n) is 9.84. The Morgan fingerprint density at radius 2 is 2.11 bits per heavy atom. The maximum Gasteiger partial charge on any atom is 0.185 e. The molecule has 0 fully saturated rings. The molecule has 2 atom stereocenters. The zero-order chi connectivity index (χ0) is 13.7. The molecule has 100 valence electrons. The number of benzene rings is 1. The quantitative estimate of drug-likeness (QED) is 0.769. The van der Waals surface area contributed by atoms with Gasteiger partial charge in [0.1, 0.15) is 11.9 Å². The van der Waals surface area contributed by atoms with Crippen molar-refractivity contribution in [2.45, 2.75) is 25.6 Å². The molecular weight excluding hydrogens is 320 g/mol. The third kappa shape index (κ3) is 4.61. The highest BCUT2D eigenvalue weighted by Crippen LogP contribution is 2.30. The lowest BCUT2D eigenvalue weighted by Gasteiger charge is -2.18. The van der Waals surface area contributed by atoms with E-state index in [1.807, 2.05) is 0 Å². The summed E-state index contributed by atoms with van der Waals surface area (Å²) in [6, 6.07) is 4.68. The average molecular weight is 335 g/mol. The fourth-order valence-corrected chi connectivity index (χ4v) is 2.45. The van der Waals surface area contributed by atoms with Crippen molar-refractivity contribution in [2.75, 3.05) is 5.75 Å². The first-order valence-corrected chi connectivity index (χ1v) is 7.17. The number of thioether (sulfide) groups is 1. The highest BCUT2D eigenvalue weighted by molar-refractivity contribution is 9.10. The number of carbonyl (C=O) groups is 1. The Morgan fingerprint density at radius 1 is 1.44 bits per heavy atom. The second kappa shape index (κ2) is 7.13. The molecule has 0 aliphatic heterocycles. The number of phenols is 1. The summed E-state index contributed by atoms with van der Waals surface area (Å²) in [6.45, 7) is 1.45. The van der Waals surface area contributed by atoms with E-state index in [1.165, 1.54) is 13.0 Å². The molecule has 1 aromatic rings. The molecule has 4 nitrogen and oxygen atoms in total. The first-order valence-electron chi connectivity index (χ1n) is 5.39. The minimum absolute atomic E-state index is 0.0248. The Labute approximate surface area is 118 Å². The van der Waals surface area contributed by atoms with E-state index in [2.05, 4.69) is 15.9 Å². The van der Waals surface area contributed by atoms with Crippen LogP contribution in [0.3, 0.4) is 0 Å². The van der Waals surface area contributed by atoms with Gasteiger partial charge in [-0.1, -0.05) is 33.8 Å². The maximum atomic E-state index is 10.7. The summed E-state index contributed by atoms with van der Waals surface area (Å²) in [5, 5.41) is 29.3.